The lowest BCUT2D eigenvalue weighted by Crippen LogP contribution is -2.14. The summed E-state index contributed by atoms with van der Waals surface area (Å²) in [6.07, 6.45) is 0. The van der Waals surface area contributed by atoms with Crippen LogP contribution >= 0.6 is 0 Å². The van der Waals surface area contributed by atoms with Crippen molar-refractivity contribution in [3.63, 3.8) is 0 Å². The Morgan fingerprint density at radius 3 is 2.54 bits per heavy atom. The van der Waals surface area contributed by atoms with E-state index in [9.17, 15) is 4.79 Å². The molecule has 0 spiro atoms. The minimum atomic E-state index is -0.327. The first-order valence-electron chi connectivity index (χ1n) is 8.71. The number of hydrogen-bond acceptors (Lipinski definition) is 7. The number of nitrogens with one attached hydrogen (secondary N) is 2. The summed E-state index contributed by atoms with van der Waals surface area (Å²) < 4.78 is 16.1. The normalized spacial score (nSPS) is 11.1. The zero-order valence-electron chi connectivity index (χ0n) is 15.9. The maximum absolute atomic E-state index is 12.6. The molecule has 9 heteroatoms. The highest BCUT2D eigenvalue weighted by molar-refractivity contribution is 6.09. The summed E-state index contributed by atoms with van der Waals surface area (Å²) in [5.41, 5.74) is 3.42. The molecule has 0 aliphatic carbocycles. The number of aromatic amines is 1. The molecule has 3 heterocycles. The van der Waals surface area contributed by atoms with Crippen molar-refractivity contribution in [2.45, 2.75) is 34.3 Å². The van der Waals surface area contributed by atoms with E-state index in [-0.39, 0.29) is 5.91 Å². The molecule has 4 rings (SSSR count). The molecule has 144 valence electrons. The second-order valence-electron chi connectivity index (χ2n) is 6.52. The van der Waals surface area contributed by atoms with Gasteiger partial charge in [-0.05, 0) is 45.9 Å². The Bertz CT molecular complexity index is 1130. The van der Waals surface area contributed by atoms with Crippen LogP contribution in [0.4, 0.5) is 5.82 Å². The predicted molar refractivity (Wildman–Crippen MR) is 100 cm³/mol. The Morgan fingerprint density at radius 1 is 1.11 bits per heavy atom. The second kappa shape index (κ2) is 6.84. The summed E-state index contributed by atoms with van der Waals surface area (Å²) >= 11 is 0. The second-order valence-corrected chi connectivity index (χ2v) is 6.52. The van der Waals surface area contributed by atoms with Gasteiger partial charge in [-0.15, -0.1) is 0 Å². The van der Waals surface area contributed by atoms with Crippen LogP contribution in [0.1, 0.15) is 38.8 Å². The van der Waals surface area contributed by atoms with Crippen LogP contribution in [0.25, 0.3) is 10.9 Å². The molecule has 0 aliphatic heterocycles. The zero-order chi connectivity index (χ0) is 19.8. The van der Waals surface area contributed by atoms with Gasteiger partial charge in [0, 0.05) is 5.39 Å². The van der Waals surface area contributed by atoms with Crippen molar-refractivity contribution in [1.29, 1.82) is 0 Å². The number of benzene rings is 1. The number of amides is 1. The van der Waals surface area contributed by atoms with Crippen molar-refractivity contribution < 1.29 is 18.6 Å². The van der Waals surface area contributed by atoms with E-state index >= 15 is 0 Å². The lowest BCUT2D eigenvalue weighted by atomic mass is 10.2. The van der Waals surface area contributed by atoms with Gasteiger partial charge in [0.2, 0.25) is 0 Å². The molecule has 0 unspecified atom stereocenters. The lowest BCUT2D eigenvalue weighted by Gasteiger charge is -2.07. The smallest absolute Gasteiger partial charge is 0.262 e. The Labute approximate surface area is 160 Å². The SMILES string of the molecule is Cc1noc(C)c1COc1ccc2[nH]nc(NC(=O)c3c(C)noc3C)c2c1. The molecular formula is C19H19N5O4. The standard InChI is InChI=1S/C19H19N5O4/c1-9-15(11(3)27-23-9)8-26-13-5-6-16-14(7-13)18(22-21-16)20-19(25)17-10(2)24-28-12(17)4/h5-7H,8H2,1-4H3,(H2,20,21,22,25). The Balaban J connectivity index is 1.57. The number of nitrogens with zero attached hydrogens (tertiary/aromatic N) is 3. The number of anilines is 1. The fourth-order valence-electron chi connectivity index (χ4n) is 3.02. The third-order valence-electron chi connectivity index (χ3n) is 4.59. The van der Waals surface area contributed by atoms with Crippen LogP contribution in [0, 0.1) is 27.7 Å². The summed E-state index contributed by atoms with van der Waals surface area (Å²) in [6, 6.07) is 5.50. The van der Waals surface area contributed by atoms with Crippen LogP contribution < -0.4 is 10.1 Å². The Kier molecular flexibility index (Phi) is 4.34. The summed E-state index contributed by atoms with van der Waals surface area (Å²) in [5.74, 6) is 1.91. The molecule has 28 heavy (non-hydrogen) atoms. The van der Waals surface area contributed by atoms with Crippen molar-refractivity contribution in [2.75, 3.05) is 5.32 Å². The average molecular weight is 381 g/mol. The van der Waals surface area contributed by atoms with Crippen LogP contribution in [0.5, 0.6) is 5.75 Å². The molecule has 1 aromatic carbocycles. The number of carbonyl (C=O) groups is 1. The summed E-state index contributed by atoms with van der Waals surface area (Å²) in [6.45, 7) is 7.47. The number of aryl methyl sites for hydroxylation is 4. The number of H-pyrrole nitrogens is 1. The van der Waals surface area contributed by atoms with Crippen molar-refractivity contribution >= 4 is 22.6 Å². The van der Waals surface area contributed by atoms with Crippen molar-refractivity contribution in [1.82, 2.24) is 20.5 Å². The molecule has 0 bridgehead atoms. The van der Waals surface area contributed by atoms with Crippen LogP contribution in [-0.2, 0) is 6.61 Å². The van der Waals surface area contributed by atoms with Gasteiger partial charge >= 0.3 is 0 Å². The highest BCUT2D eigenvalue weighted by Crippen LogP contribution is 2.27. The molecule has 2 N–H and O–H groups in total. The van der Waals surface area contributed by atoms with E-state index in [0.717, 1.165) is 27.9 Å². The van der Waals surface area contributed by atoms with Crippen molar-refractivity contribution in [2.24, 2.45) is 0 Å². The lowest BCUT2D eigenvalue weighted by molar-refractivity contribution is 0.102. The van der Waals surface area contributed by atoms with Gasteiger partial charge in [0.1, 0.15) is 29.4 Å². The number of hydrogen-bond donors (Lipinski definition) is 2. The van der Waals surface area contributed by atoms with Gasteiger partial charge in [-0.25, -0.2) is 0 Å². The molecule has 9 nitrogen and oxygen atoms in total. The first-order chi connectivity index (χ1) is 13.4. The summed E-state index contributed by atoms with van der Waals surface area (Å²) in [4.78, 5) is 12.6. The minimum absolute atomic E-state index is 0.327. The molecule has 0 fully saturated rings. The number of rotatable bonds is 5. The Morgan fingerprint density at radius 2 is 1.86 bits per heavy atom. The Hall–Kier alpha value is -3.62. The van der Waals surface area contributed by atoms with Gasteiger partial charge < -0.3 is 19.1 Å². The van der Waals surface area contributed by atoms with Crippen LogP contribution in [0.2, 0.25) is 0 Å². The molecule has 0 saturated heterocycles. The first-order valence-corrected chi connectivity index (χ1v) is 8.71. The number of aromatic nitrogens is 4. The number of carbonyl (C=O) groups excluding carboxylic acids is 1. The van der Waals surface area contributed by atoms with Crippen molar-refractivity contribution in [3.05, 3.63) is 52.2 Å². The van der Waals surface area contributed by atoms with E-state index in [0.29, 0.717) is 35.2 Å². The van der Waals surface area contributed by atoms with Crippen LogP contribution in [0.15, 0.2) is 27.2 Å². The van der Waals surface area contributed by atoms with E-state index < -0.39 is 0 Å². The largest absolute Gasteiger partial charge is 0.489 e. The molecule has 0 saturated carbocycles. The quantitative estimate of drug-likeness (QED) is 0.542. The first kappa shape index (κ1) is 17.8. The summed E-state index contributed by atoms with van der Waals surface area (Å²) in [7, 11) is 0. The zero-order valence-corrected chi connectivity index (χ0v) is 15.9. The van der Waals surface area contributed by atoms with Gasteiger partial charge in [0.25, 0.3) is 5.91 Å². The van der Waals surface area contributed by atoms with E-state index in [4.69, 9.17) is 13.8 Å². The monoisotopic (exact) mass is 381 g/mol. The predicted octanol–water partition coefficient (Wildman–Crippen LogP) is 3.60. The van der Waals surface area contributed by atoms with Gasteiger partial charge in [-0.3, -0.25) is 9.89 Å². The number of fused-ring (bicyclic) bond motifs is 1. The average Bonchev–Trinajstić information content (AvgIpc) is 3.32. The highest BCUT2D eigenvalue weighted by Gasteiger charge is 2.19. The van der Waals surface area contributed by atoms with E-state index in [1.807, 2.05) is 32.0 Å². The van der Waals surface area contributed by atoms with E-state index in [2.05, 4.69) is 25.8 Å². The van der Waals surface area contributed by atoms with Gasteiger partial charge in [0.05, 0.1) is 22.5 Å². The van der Waals surface area contributed by atoms with Crippen LogP contribution in [-0.4, -0.2) is 26.4 Å². The molecule has 0 atom stereocenters. The van der Waals surface area contributed by atoms with Gasteiger partial charge in [0.15, 0.2) is 5.82 Å². The van der Waals surface area contributed by atoms with Gasteiger partial charge in [-0.1, -0.05) is 10.3 Å². The molecule has 4 aromatic rings. The molecule has 0 radical (unpaired) electrons. The van der Waals surface area contributed by atoms with E-state index in [1.165, 1.54) is 0 Å². The maximum Gasteiger partial charge on any atom is 0.262 e. The van der Waals surface area contributed by atoms with E-state index in [1.54, 1.807) is 13.8 Å². The minimum Gasteiger partial charge on any atom is -0.489 e. The molecule has 3 aromatic heterocycles. The third-order valence-corrected chi connectivity index (χ3v) is 4.59. The van der Waals surface area contributed by atoms with Crippen LogP contribution in [0.3, 0.4) is 0 Å². The maximum atomic E-state index is 12.6. The fraction of sp³-hybridized carbons (Fsp3) is 0.263. The highest BCUT2D eigenvalue weighted by atomic mass is 16.5. The fourth-order valence-corrected chi connectivity index (χ4v) is 3.02. The van der Waals surface area contributed by atoms with Gasteiger partial charge in [-0.2, -0.15) is 5.10 Å². The molecule has 0 aliphatic rings. The summed E-state index contributed by atoms with van der Waals surface area (Å²) in [5, 5.41) is 18.4. The number of ether oxygens (including phenoxy) is 1. The molecule has 1 amide bonds. The topological polar surface area (TPSA) is 119 Å². The third kappa shape index (κ3) is 3.11. The molecular weight excluding hydrogens is 362 g/mol. The van der Waals surface area contributed by atoms with Crippen molar-refractivity contribution in [3.8, 4) is 5.75 Å².